The highest BCUT2D eigenvalue weighted by molar-refractivity contribution is 5.36. The number of aromatic nitrogens is 2. The summed E-state index contributed by atoms with van der Waals surface area (Å²) in [6.45, 7) is 8.15. The van der Waals surface area contributed by atoms with Gasteiger partial charge in [0.2, 0.25) is 0 Å². The standard InChI is InChI=1S/C14H25N3O2/c1-5-8-12(19-7-3)14-16-11(10-18-4)9-13(17-14)15-6-2/h9,12H,5-8,10H2,1-4H3,(H,15,16,17). The maximum Gasteiger partial charge on any atom is 0.159 e. The van der Waals surface area contributed by atoms with Crippen LogP contribution >= 0.6 is 0 Å². The fraction of sp³-hybridized carbons (Fsp3) is 0.714. The van der Waals surface area contributed by atoms with Gasteiger partial charge in [-0.1, -0.05) is 13.3 Å². The molecule has 1 atom stereocenters. The van der Waals surface area contributed by atoms with Crippen LogP contribution in [0.3, 0.4) is 0 Å². The van der Waals surface area contributed by atoms with Gasteiger partial charge in [0.25, 0.3) is 0 Å². The number of methoxy groups -OCH3 is 1. The molecule has 1 heterocycles. The third kappa shape index (κ3) is 5.12. The molecule has 0 aromatic carbocycles. The summed E-state index contributed by atoms with van der Waals surface area (Å²) >= 11 is 0. The Bertz CT molecular complexity index is 341. The van der Waals surface area contributed by atoms with Gasteiger partial charge in [0.05, 0.1) is 12.3 Å². The highest BCUT2D eigenvalue weighted by Gasteiger charge is 2.16. The molecule has 0 spiro atoms. The Balaban J connectivity index is 3.00. The van der Waals surface area contributed by atoms with Gasteiger partial charge in [0.1, 0.15) is 11.9 Å². The number of ether oxygens (including phenoxy) is 2. The fourth-order valence-electron chi connectivity index (χ4n) is 1.91. The Hall–Kier alpha value is -1.20. The first-order chi connectivity index (χ1) is 9.24. The van der Waals surface area contributed by atoms with E-state index in [9.17, 15) is 0 Å². The lowest BCUT2D eigenvalue weighted by Gasteiger charge is -2.17. The van der Waals surface area contributed by atoms with E-state index in [1.54, 1.807) is 7.11 Å². The molecule has 1 aromatic rings. The summed E-state index contributed by atoms with van der Waals surface area (Å²) in [5, 5.41) is 3.22. The Labute approximate surface area is 115 Å². The normalized spacial score (nSPS) is 12.4. The predicted molar refractivity (Wildman–Crippen MR) is 76.2 cm³/mol. The van der Waals surface area contributed by atoms with E-state index in [0.717, 1.165) is 36.7 Å². The summed E-state index contributed by atoms with van der Waals surface area (Å²) in [5.41, 5.74) is 0.879. The molecule has 108 valence electrons. The van der Waals surface area contributed by atoms with Crippen LogP contribution in [0.25, 0.3) is 0 Å². The van der Waals surface area contributed by atoms with Crippen LogP contribution in [-0.4, -0.2) is 30.2 Å². The Kier molecular flexibility index (Phi) is 7.36. The van der Waals surface area contributed by atoms with Crippen molar-refractivity contribution in [1.29, 1.82) is 0 Å². The van der Waals surface area contributed by atoms with Gasteiger partial charge >= 0.3 is 0 Å². The molecule has 0 amide bonds. The summed E-state index contributed by atoms with van der Waals surface area (Å²) in [5.74, 6) is 1.58. The minimum atomic E-state index is -0.0378. The SMILES string of the molecule is CCCC(OCC)c1nc(COC)cc(NCC)n1. The first-order valence-corrected chi connectivity index (χ1v) is 6.97. The molecule has 0 bridgehead atoms. The van der Waals surface area contributed by atoms with Crippen LogP contribution in [0.4, 0.5) is 5.82 Å². The third-order valence-corrected chi connectivity index (χ3v) is 2.65. The number of hydrogen-bond donors (Lipinski definition) is 1. The van der Waals surface area contributed by atoms with Gasteiger partial charge in [-0.15, -0.1) is 0 Å². The summed E-state index contributed by atoms with van der Waals surface area (Å²) in [6, 6.07) is 1.92. The van der Waals surface area contributed by atoms with Crippen molar-refractivity contribution in [2.24, 2.45) is 0 Å². The van der Waals surface area contributed by atoms with Crippen molar-refractivity contribution in [2.45, 2.75) is 46.3 Å². The van der Waals surface area contributed by atoms with E-state index >= 15 is 0 Å². The molecule has 5 nitrogen and oxygen atoms in total. The molecule has 1 rings (SSSR count). The van der Waals surface area contributed by atoms with Crippen LogP contribution < -0.4 is 5.32 Å². The number of nitrogens with zero attached hydrogens (tertiary/aromatic N) is 2. The quantitative estimate of drug-likeness (QED) is 0.745. The van der Waals surface area contributed by atoms with Crippen molar-refractivity contribution < 1.29 is 9.47 Å². The molecule has 0 fully saturated rings. The van der Waals surface area contributed by atoms with Crippen LogP contribution in [0.15, 0.2) is 6.07 Å². The first-order valence-electron chi connectivity index (χ1n) is 6.97. The van der Waals surface area contributed by atoms with Crippen molar-refractivity contribution in [3.8, 4) is 0 Å². The van der Waals surface area contributed by atoms with Gasteiger partial charge in [-0.3, -0.25) is 0 Å². The molecule has 0 radical (unpaired) electrons. The zero-order valence-corrected chi connectivity index (χ0v) is 12.4. The van der Waals surface area contributed by atoms with Crippen LogP contribution in [-0.2, 0) is 16.1 Å². The maximum absolute atomic E-state index is 5.74. The molecule has 0 saturated heterocycles. The maximum atomic E-state index is 5.74. The molecular weight excluding hydrogens is 242 g/mol. The lowest BCUT2D eigenvalue weighted by atomic mass is 10.2. The number of rotatable bonds is 9. The minimum Gasteiger partial charge on any atom is -0.378 e. The molecule has 0 aliphatic carbocycles. The van der Waals surface area contributed by atoms with Gasteiger partial charge in [-0.25, -0.2) is 9.97 Å². The molecule has 0 saturated carbocycles. The average molecular weight is 267 g/mol. The van der Waals surface area contributed by atoms with Crippen molar-refractivity contribution in [2.75, 3.05) is 25.6 Å². The smallest absolute Gasteiger partial charge is 0.159 e. The first kappa shape index (κ1) is 15.9. The second kappa shape index (κ2) is 8.82. The van der Waals surface area contributed by atoms with Crippen molar-refractivity contribution in [1.82, 2.24) is 9.97 Å². The van der Waals surface area contributed by atoms with E-state index in [2.05, 4.69) is 22.2 Å². The van der Waals surface area contributed by atoms with Gasteiger partial charge in [-0.2, -0.15) is 0 Å². The topological polar surface area (TPSA) is 56.3 Å². The molecule has 1 N–H and O–H groups in total. The van der Waals surface area contributed by atoms with Crippen molar-refractivity contribution >= 4 is 5.82 Å². The van der Waals surface area contributed by atoms with Gasteiger partial charge in [0.15, 0.2) is 5.82 Å². The van der Waals surface area contributed by atoms with Crippen LogP contribution in [0.1, 0.15) is 51.2 Å². The number of nitrogens with one attached hydrogen (secondary N) is 1. The third-order valence-electron chi connectivity index (χ3n) is 2.65. The van der Waals surface area contributed by atoms with Gasteiger partial charge < -0.3 is 14.8 Å². The van der Waals surface area contributed by atoms with E-state index in [1.807, 2.05) is 19.9 Å². The lowest BCUT2D eigenvalue weighted by molar-refractivity contribution is 0.0489. The molecule has 1 aromatic heterocycles. The van der Waals surface area contributed by atoms with E-state index in [1.165, 1.54) is 0 Å². The highest BCUT2D eigenvalue weighted by Crippen LogP contribution is 2.21. The average Bonchev–Trinajstić information content (AvgIpc) is 2.39. The fourth-order valence-corrected chi connectivity index (χ4v) is 1.91. The van der Waals surface area contributed by atoms with E-state index in [4.69, 9.17) is 9.47 Å². The molecule has 0 aliphatic heterocycles. The number of hydrogen-bond acceptors (Lipinski definition) is 5. The zero-order valence-electron chi connectivity index (χ0n) is 12.4. The van der Waals surface area contributed by atoms with Crippen LogP contribution in [0.2, 0.25) is 0 Å². The summed E-state index contributed by atoms with van der Waals surface area (Å²) in [7, 11) is 1.67. The lowest BCUT2D eigenvalue weighted by Crippen LogP contribution is -2.13. The van der Waals surface area contributed by atoms with Crippen molar-refractivity contribution in [3.05, 3.63) is 17.6 Å². The second-order valence-corrected chi connectivity index (χ2v) is 4.30. The Morgan fingerprint density at radius 1 is 1.26 bits per heavy atom. The second-order valence-electron chi connectivity index (χ2n) is 4.30. The monoisotopic (exact) mass is 267 g/mol. The van der Waals surface area contributed by atoms with Gasteiger partial charge in [0, 0.05) is 26.3 Å². The van der Waals surface area contributed by atoms with E-state index in [-0.39, 0.29) is 6.10 Å². The van der Waals surface area contributed by atoms with Crippen LogP contribution in [0, 0.1) is 0 Å². The minimum absolute atomic E-state index is 0.0378. The molecular formula is C14H25N3O2. The van der Waals surface area contributed by atoms with Gasteiger partial charge in [-0.05, 0) is 20.3 Å². The highest BCUT2D eigenvalue weighted by atomic mass is 16.5. The number of anilines is 1. The van der Waals surface area contributed by atoms with Crippen molar-refractivity contribution in [3.63, 3.8) is 0 Å². The summed E-state index contributed by atoms with van der Waals surface area (Å²) in [4.78, 5) is 9.08. The van der Waals surface area contributed by atoms with E-state index < -0.39 is 0 Å². The molecule has 5 heteroatoms. The molecule has 0 aliphatic rings. The zero-order chi connectivity index (χ0) is 14.1. The largest absolute Gasteiger partial charge is 0.378 e. The molecule has 1 unspecified atom stereocenters. The Morgan fingerprint density at radius 3 is 2.63 bits per heavy atom. The Morgan fingerprint density at radius 2 is 2.05 bits per heavy atom. The van der Waals surface area contributed by atoms with Crippen LogP contribution in [0.5, 0.6) is 0 Å². The molecule has 19 heavy (non-hydrogen) atoms. The predicted octanol–water partition coefficient (Wildman–Crippen LogP) is 2.93. The summed E-state index contributed by atoms with van der Waals surface area (Å²) < 4.78 is 10.9. The van der Waals surface area contributed by atoms with E-state index in [0.29, 0.717) is 13.2 Å². The summed E-state index contributed by atoms with van der Waals surface area (Å²) in [6.07, 6.45) is 1.93.